The standard InChI is InChI=1S/C17H31N3O4/c1-6-12(3)18-14(21)17(4,5)15(22)19-13-8-10-20(11-9-13)16(23)24-7-2/h12-13H,6-11H2,1-5H3,(H,18,21)(H,19,22). The van der Waals surface area contributed by atoms with E-state index in [1.807, 2.05) is 13.8 Å². The van der Waals surface area contributed by atoms with Gasteiger partial charge in [0.2, 0.25) is 11.8 Å². The lowest BCUT2D eigenvalue weighted by Crippen LogP contribution is -2.54. The van der Waals surface area contributed by atoms with Crippen LogP contribution in [-0.2, 0) is 14.3 Å². The van der Waals surface area contributed by atoms with E-state index in [-0.39, 0.29) is 30.0 Å². The van der Waals surface area contributed by atoms with Crippen LogP contribution in [0.1, 0.15) is 53.9 Å². The molecule has 0 bridgehead atoms. The van der Waals surface area contributed by atoms with Crippen LogP contribution in [0, 0.1) is 5.41 Å². The molecule has 0 saturated carbocycles. The first-order valence-electron chi connectivity index (χ1n) is 8.75. The van der Waals surface area contributed by atoms with E-state index in [1.54, 1.807) is 25.7 Å². The monoisotopic (exact) mass is 341 g/mol. The molecule has 7 heteroatoms. The van der Waals surface area contributed by atoms with Crippen molar-refractivity contribution in [3.8, 4) is 0 Å². The summed E-state index contributed by atoms with van der Waals surface area (Å²) >= 11 is 0. The van der Waals surface area contributed by atoms with Crippen molar-refractivity contribution in [3.63, 3.8) is 0 Å². The summed E-state index contributed by atoms with van der Waals surface area (Å²) in [4.78, 5) is 38.1. The topological polar surface area (TPSA) is 87.7 Å². The van der Waals surface area contributed by atoms with Crippen molar-refractivity contribution in [1.82, 2.24) is 15.5 Å². The molecule has 1 fully saturated rings. The van der Waals surface area contributed by atoms with Crippen molar-refractivity contribution in [2.24, 2.45) is 5.41 Å². The molecule has 0 radical (unpaired) electrons. The number of amides is 3. The summed E-state index contributed by atoms with van der Waals surface area (Å²) in [6.45, 7) is 10.4. The molecule has 1 saturated heterocycles. The maximum atomic E-state index is 12.5. The number of likely N-dealkylation sites (tertiary alicyclic amines) is 1. The predicted octanol–water partition coefficient (Wildman–Crippen LogP) is 1.66. The van der Waals surface area contributed by atoms with Crippen molar-refractivity contribution in [3.05, 3.63) is 0 Å². The van der Waals surface area contributed by atoms with Gasteiger partial charge in [-0.25, -0.2) is 4.79 Å². The van der Waals surface area contributed by atoms with E-state index >= 15 is 0 Å². The number of rotatable bonds is 6. The maximum Gasteiger partial charge on any atom is 0.409 e. The highest BCUT2D eigenvalue weighted by molar-refractivity contribution is 6.04. The van der Waals surface area contributed by atoms with Crippen molar-refractivity contribution in [2.45, 2.75) is 66.0 Å². The van der Waals surface area contributed by atoms with Crippen molar-refractivity contribution >= 4 is 17.9 Å². The van der Waals surface area contributed by atoms with E-state index < -0.39 is 5.41 Å². The summed E-state index contributed by atoms with van der Waals surface area (Å²) in [5.74, 6) is -0.545. The third kappa shape index (κ3) is 5.39. The van der Waals surface area contributed by atoms with E-state index in [0.717, 1.165) is 6.42 Å². The van der Waals surface area contributed by atoms with Crippen LogP contribution >= 0.6 is 0 Å². The van der Waals surface area contributed by atoms with Gasteiger partial charge in [-0.1, -0.05) is 6.92 Å². The summed E-state index contributed by atoms with van der Waals surface area (Å²) in [5, 5.41) is 5.80. The molecule has 1 atom stereocenters. The number of nitrogens with zero attached hydrogens (tertiary/aromatic N) is 1. The van der Waals surface area contributed by atoms with Crippen LogP contribution < -0.4 is 10.6 Å². The van der Waals surface area contributed by atoms with E-state index in [9.17, 15) is 14.4 Å². The first-order chi connectivity index (χ1) is 11.2. The van der Waals surface area contributed by atoms with Crippen LogP contribution in [0.5, 0.6) is 0 Å². The number of ether oxygens (including phenoxy) is 1. The van der Waals surface area contributed by atoms with Crippen molar-refractivity contribution in [1.29, 1.82) is 0 Å². The molecule has 24 heavy (non-hydrogen) atoms. The minimum absolute atomic E-state index is 0.0288. The van der Waals surface area contributed by atoms with Crippen LogP contribution in [0.3, 0.4) is 0 Å². The fourth-order valence-electron chi connectivity index (χ4n) is 2.40. The zero-order valence-electron chi connectivity index (χ0n) is 15.5. The van der Waals surface area contributed by atoms with Gasteiger partial charge in [0.1, 0.15) is 5.41 Å². The van der Waals surface area contributed by atoms with Gasteiger partial charge in [-0.2, -0.15) is 0 Å². The number of nitrogens with one attached hydrogen (secondary N) is 2. The second-order valence-corrected chi connectivity index (χ2v) is 6.84. The average Bonchev–Trinajstić information content (AvgIpc) is 2.55. The molecule has 0 aromatic carbocycles. The molecule has 7 nitrogen and oxygen atoms in total. The van der Waals surface area contributed by atoms with Gasteiger partial charge in [0.15, 0.2) is 0 Å². The molecule has 1 rings (SSSR count). The second kappa shape index (κ2) is 8.89. The third-order valence-electron chi connectivity index (χ3n) is 4.48. The Labute approximate surface area is 144 Å². The number of carbonyl (C=O) groups is 3. The van der Waals surface area contributed by atoms with Gasteiger partial charge in [0.25, 0.3) is 0 Å². The van der Waals surface area contributed by atoms with Crippen LogP contribution in [0.25, 0.3) is 0 Å². The normalized spacial score (nSPS) is 17.1. The summed E-state index contributed by atoms with van der Waals surface area (Å²) < 4.78 is 4.98. The fraction of sp³-hybridized carbons (Fsp3) is 0.824. The lowest BCUT2D eigenvalue weighted by atomic mass is 9.89. The Kier molecular flexibility index (Phi) is 7.51. The van der Waals surface area contributed by atoms with Gasteiger partial charge in [0, 0.05) is 25.2 Å². The summed E-state index contributed by atoms with van der Waals surface area (Å²) in [6, 6.07) is 0.0104. The zero-order chi connectivity index (χ0) is 18.3. The summed E-state index contributed by atoms with van der Waals surface area (Å²) in [6.07, 6.45) is 1.83. The fourth-order valence-corrected chi connectivity index (χ4v) is 2.40. The number of piperidine rings is 1. The highest BCUT2D eigenvalue weighted by Crippen LogP contribution is 2.19. The van der Waals surface area contributed by atoms with Gasteiger partial charge in [0.05, 0.1) is 6.61 Å². The minimum Gasteiger partial charge on any atom is -0.450 e. The first-order valence-corrected chi connectivity index (χ1v) is 8.75. The molecular weight excluding hydrogens is 310 g/mol. The highest BCUT2D eigenvalue weighted by atomic mass is 16.6. The first kappa shape index (κ1) is 20.3. The maximum absolute atomic E-state index is 12.5. The number of hydrogen-bond donors (Lipinski definition) is 2. The molecule has 1 unspecified atom stereocenters. The molecule has 138 valence electrons. The highest BCUT2D eigenvalue weighted by Gasteiger charge is 2.38. The molecule has 3 amide bonds. The smallest absolute Gasteiger partial charge is 0.409 e. The summed E-state index contributed by atoms with van der Waals surface area (Å²) in [5.41, 5.74) is -1.12. The average molecular weight is 341 g/mol. The number of hydrogen-bond acceptors (Lipinski definition) is 4. The van der Waals surface area contributed by atoms with E-state index in [1.165, 1.54) is 0 Å². The minimum atomic E-state index is -1.12. The van der Waals surface area contributed by atoms with Gasteiger partial charge < -0.3 is 20.3 Å². The zero-order valence-corrected chi connectivity index (χ0v) is 15.5. The Morgan fingerprint density at radius 1 is 1.17 bits per heavy atom. The Hall–Kier alpha value is -1.79. The number of carbonyl (C=O) groups excluding carboxylic acids is 3. The Balaban J connectivity index is 2.50. The SMILES string of the molecule is CCOC(=O)N1CCC(NC(=O)C(C)(C)C(=O)NC(C)CC)CC1. The molecule has 0 aromatic rings. The molecule has 0 aliphatic carbocycles. The summed E-state index contributed by atoms with van der Waals surface area (Å²) in [7, 11) is 0. The largest absolute Gasteiger partial charge is 0.450 e. The van der Waals surface area contributed by atoms with Crippen LogP contribution in [-0.4, -0.2) is 54.6 Å². The molecule has 1 aliphatic rings. The molecule has 0 spiro atoms. The van der Waals surface area contributed by atoms with Crippen molar-refractivity contribution < 1.29 is 19.1 Å². The molecule has 2 N–H and O–H groups in total. The third-order valence-corrected chi connectivity index (χ3v) is 4.48. The Morgan fingerprint density at radius 2 is 1.75 bits per heavy atom. The van der Waals surface area contributed by atoms with Gasteiger partial charge in [-0.15, -0.1) is 0 Å². The molecule has 1 heterocycles. The van der Waals surface area contributed by atoms with E-state index in [4.69, 9.17) is 4.74 Å². The van der Waals surface area contributed by atoms with Crippen LogP contribution in [0.15, 0.2) is 0 Å². The van der Waals surface area contributed by atoms with Crippen LogP contribution in [0.2, 0.25) is 0 Å². The predicted molar refractivity (Wildman–Crippen MR) is 91.4 cm³/mol. The van der Waals surface area contributed by atoms with Gasteiger partial charge in [-0.05, 0) is 47.0 Å². The van der Waals surface area contributed by atoms with Crippen molar-refractivity contribution in [2.75, 3.05) is 19.7 Å². The van der Waals surface area contributed by atoms with Gasteiger partial charge in [-0.3, -0.25) is 9.59 Å². The second-order valence-electron chi connectivity index (χ2n) is 6.84. The Bertz CT molecular complexity index is 457. The molecular formula is C17H31N3O4. The lowest BCUT2D eigenvalue weighted by molar-refractivity contribution is -0.142. The van der Waals surface area contributed by atoms with E-state index in [2.05, 4.69) is 10.6 Å². The van der Waals surface area contributed by atoms with Crippen LogP contribution in [0.4, 0.5) is 4.79 Å². The Morgan fingerprint density at radius 3 is 2.25 bits per heavy atom. The quantitative estimate of drug-likeness (QED) is 0.719. The lowest BCUT2D eigenvalue weighted by Gasteiger charge is -2.33. The molecule has 1 aliphatic heterocycles. The molecule has 0 aromatic heterocycles. The van der Waals surface area contributed by atoms with Gasteiger partial charge >= 0.3 is 6.09 Å². The van der Waals surface area contributed by atoms with E-state index in [0.29, 0.717) is 32.5 Å².